The van der Waals surface area contributed by atoms with Gasteiger partial charge >= 0.3 is 0 Å². The van der Waals surface area contributed by atoms with Crippen molar-refractivity contribution in [1.29, 1.82) is 0 Å². The van der Waals surface area contributed by atoms with Gasteiger partial charge in [-0.3, -0.25) is 9.78 Å². The number of pyridine rings is 1. The van der Waals surface area contributed by atoms with Crippen LogP contribution in [0.4, 0.5) is 0 Å². The average molecular weight is 290 g/mol. The van der Waals surface area contributed by atoms with Gasteiger partial charge in [0.15, 0.2) is 5.79 Å². The van der Waals surface area contributed by atoms with Crippen LogP contribution in [0.5, 0.6) is 0 Å². The maximum atomic E-state index is 12.0. The first kappa shape index (κ1) is 14.5. The van der Waals surface area contributed by atoms with E-state index in [0.717, 1.165) is 31.6 Å². The van der Waals surface area contributed by atoms with Crippen molar-refractivity contribution < 1.29 is 14.3 Å². The molecule has 2 aliphatic rings. The van der Waals surface area contributed by atoms with Crippen LogP contribution in [0.15, 0.2) is 24.5 Å². The maximum Gasteiger partial charge on any atom is 0.251 e. The molecule has 0 radical (unpaired) electrons. The molecule has 114 valence electrons. The lowest BCUT2D eigenvalue weighted by atomic mass is 9.86. The first-order chi connectivity index (χ1) is 10.2. The minimum Gasteiger partial charge on any atom is -0.349 e. The van der Waals surface area contributed by atoms with Crippen molar-refractivity contribution in [1.82, 2.24) is 10.3 Å². The minimum absolute atomic E-state index is 0.0517. The fourth-order valence-corrected chi connectivity index (χ4v) is 2.99. The number of hydrogen-bond acceptors (Lipinski definition) is 4. The molecule has 1 spiro atoms. The van der Waals surface area contributed by atoms with E-state index in [-0.39, 0.29) is 12.0 Å². The lowest BCUT2D eigenvalue weighted by Gasteiger charge is -2.34. The largest absolute Gasteiger partial charge is 0.349 e. The van der Waals surface area contributed by atoms with Crippen LogP contribution < -0.4 is 5.32 Å². The zero-order valence-corrected chi connectivity index (χ0v) is 12.4. The highest BCUT2D eigenvalue weighted by molar-refractivity contribution is 5.93. The van der Waals surface area contributed by atoms with Gasteiger partial charge in [0.2, 0.25) is 0 Å². The van der Waals surface area contributed by atoms with Crippen molar-refractivity contribution in [2.75, 3.05) is 13.2 Å². The minimum atomic E-state index is -0.390. The third kappa shape index (κ3) is 3.41. The van der Waals surface area contributed by atoms with Crippen LogP contribution in [0.25, 0.3) is 0 Å². The molecule has 1 N–H and O–H groups in total. The summed E-state index contributed by atoms with van der Waals surface area (Å²) in [6.07, 6.45) is 7.40. The van der Waals surface area contributed by atoms with E-state index in [2.05, 4.69) is 17.2 Å². The fourth-order valence-electron chi connectivity index (χ4n) is 2.99. The summed E-state index contributed by atoms with van der Waals surface area (Å²) in [5, 5.41) is 2.90. The van der Waals surface area contributed by atoms with Crippen LogP contribution in [-0.2, 0) is 9.47 Å². The molecule has 5 nitrogen and oxygen atoms in total. The number of nitrogens with one attached hydrogen (secondary N) is 1. The van der Waals surface area contributed by atoms with Crippen LogP contribution in [0.1, 0.15) is 43.0 Å². The topological polar surface area (TPSA) is 60.5 Å². The number of carbonyl (C=O) groups excluding carboxylic acids is 1. The predicted octanol–water partition coefficient (Wildman–Crippen LogP) is 2.13. The van der Waals surface area contributed by atoms with E-state index in [1.54, 1.807) is 24.5 Å². The fraction of sp³-hybridized carbons (Fsp3) is 0.625. The molecule has 0 aromatic carbocycles. The quantitative estimate of drug-likeness (QED) is 0.926. The van der Waals surface area contributed by atoms with Gasteiger partial charge in [-0.1, -0.05) is 6.92 Å². The summed E-state index contributed by atoms with van der Waals surface area (Å²) in [7, 11) is 0. The van der Waals surface area contributed by atoms with E-state index in [4.69, 9.17) is 9.47 Å². The van der Waals surface area contributed by atoms with Gasteiger partial charge in [0.1, 0.15) is 6.10 Å². The third-order valence-corrected chi connectivity index (χ3v) is 4.38. The smallest absolute Gasteiger partial charge is 0.251 e. The highest BCUT2D eigenvalue weighted by atomic mass is 16.7. The number of nitrogens with zero attached hydrogens (tertiary/aromatic N) is 1. The molecule has 1 amide bonds. The third-order valence-electron chi connectivity index (χ3n) is 4.38. The molecule has 5 heteroatoms. The molecule has 21 heavy (non-hydrogen) atoms. The standard InChI is InChI=1S/C16H22N2O3/c1-12-2-6-16(7-3-12)20-11-14(21-16)10-18-15(19)13-4-8-17-9-5-13/h4-5,8-9,12,14H,2-3,6-7,10-11H2,1H3,(H,18,19)/t12?,14-,16?/m0/s1. The monoisotopic (exact) mass is 290 g/mol. The van der Waals surface area contributed by atoms with Gasteiger partial charge in [0.05, 0.1) is 6.61 Å². The second-order valence-corrected chi connectivity index (χ2v) is 6.09. The van der Waals surface area contributed by atoms with Crippen LogP contribution in [0, 0.1) is 5.92 Å². The first-order valence-electron chi connectivity index (χ1n) is 7.67. The van der Waals surface area contributed by atoms with Crippen molar-refractivity contribution in [3.05, 3.63) is 30.1 Å². The second kappa shape index (κ2) is 6.12. The molecular weight excluding hydrogens is 268 g/mol. The molecule has 2 heterocycles. The van der Waals surface area contributed by atoms with E-state index >= 15 is 0 Å². The van der Waals surface area contributed by atoms with Crippen LogP contribution >= 0.6 is 0 Å². The Morgan fingerprint density at radius 2 is 2.10 bits per heavy atom. The van der Waals surface area contributed by atoms with Crippen LogP contribution in [0.3, 0.4) is 0 Å². The Kier molecular flexibility index (Phi) is 4.22. The zero-order valence-electron chi connectivity index (χ0n) is 12.4. The summed E-state index contributed by atoms with van der Waals surface area (Å²) >= 11 is 0. The normalized spacial score (nSPS) is 32.2. The molecule has 1 aromatic heterocycles. The Balaban J connectivity index is 1.48. The molecule has 1 aromatic rings. The zero-order chi connectivity index (χ0) is 14.7. The summed E-state index contributed by atoms with van der Waals surface area (Å²) in [5.41, 5.74) is 0.616. The SMILES string of the molecule is CC1CCC2(CC1)OC[C@H](CNC(=O)c1ccncc1)O2. The average Bonchev–Trinajstić information content (AvgIpc) is 2.92. The van der Waals surface area contributed by atoms with Crippen molar-refractivity contribution in [3.63, 3.8) is 0 Å². The summed E-state index contributed by atoms with van der Waals surface area (Å²) < 4.78 is 12.0. The van der Waals surface area contributed by atoms with Crippen molar-refractivity contribution >= 4 is 5.91 Å². The summed E-state index contributed by atoms with van der Waals surface area (Å²) in [5.74, 6) is 0.269. The van der Waals surface area contributed by atoms with Crippen molar-refractivity contribution in [3.8, 4) is 0 Å². The Bertz CT molecular complexity index is 484. The Labute approximate surface area is 125 Å². The molecule has 0 unspecified atom stereocenters. The number of carbonyl (C=O) groups is 1. The Morgan fingerprint density at radius 3 is 2.81 bits per heavy atom. The van der Waals surface area contributed by atoms with Crippen molar-refractivity contribution in [2.24, 2.45) is 5.92 Å². The summed E-state index contributed by atoms with van der Waals surface area (Å²) in [4.78, 5) is 15.9. The van der Waals surface area contributed by atoms with Gasteiger partial charge in [0, 0.05) is 37.3 Å². The number of ether oxygens (including phenoxy) is 2. The Hall–Kier alpha value is -1.46. The highest BCUT2D eigenvalue weighted by Crippen LogP contribution is 2.39. The molecule has 3 rings (SSSR count). The van der Waals surface area contributed by atoms with E-state index in [1.807, 2.05) is 0 Å². The Morgan fingerprint density at radius 1 is 1.38 bits per heavy atom. The van der Waals surface area contributed by atoms with Crippen LogP contribution in [-0.4, -0.2) is 35.9 Å². The molecule has 1 aliphatic carbocycles. The lowest BCUT2D eigenvalue weighted by molar-refractivity contribution is -0.191. The molecule has 2 fully saturated rings. The second-order valence-electron chi connectivity index (χ2n) is 6.09. The maximum absolute atomic E-state index is 12.0. The van der Waals surface area contributed by atoms with Gasteiger partial charge < -0.3 is 14.8 Å². The summed E-state index contributed by atoms with van der Waals surface area (Å²) in [6.45, 7) is 3.32. The number of aromatic nitrogens is 1. The molecule has 1 saturated carbocycles. The first-order valence-corrected chi connectivity index (χ1v) is 7.67. The van der Waals surface area contributed by atoms with Crippen LogP contribution in [0.2, 0.25) is 0 Å². The highest BCUT2D eigenvalue weighted by Gasteiger charge is 2.43. The number of rotatable bonds is 3. The van der Waals surface area contributed by atoms with E-state index < -0.39 is 5.79 Å². The van der Waals surface area contributed by atoms with Crippen molar-refractivity contribution in [2.45, 2.75) is 44.5 Å². The van der Waals surface area contributed by atoms with Gasteiger partial charge in [-0.15, -0.1) is 0 Å². The number of amides is 1. The summed E-state index contributed by atoms with van der Waals surface area (Å²) in [6, 6.07) is 3.40. The van der Waals surface area contributed by atoms with E-state index in [1.165, 1.54) is 0 Å². The van der Waals surface area contributed by atoms with Gasteiger partial charge in [-0.05, 0) is 30.9 Å². The lowest BCUT2D eigenvalue weighted by Crippen LogP contribution is -2.38. The van der Waals surface area contributed by atoms with Gasteiger partial charge in [-0.2, -0.15) is 0 Å². The molecule has 1 saturated heterocycles. The number of hydrogen-bond donors (Lipinski definition) is 1. The molecule has 1 aliphatic heterocycles. The van der Waals surface area contributed by atoms with Gasteiger partial charge in [-0.25, -0.2) is 0 Å². The van der Waals surface area contributed by atoms with E-state index in [9.17, 15) is 4.79 Å². The molecule has 1 atom stereocenters. The van der Waals surface area contributed by atoms with E-state index in [0.29, 0.717) is 18.7 Å². The molecular formula is C16H22N2O3. The predicted molar refractivity (Wildman–Crippen MR) is 77.8 cm³/mol. The molecule has 0 bridgehead atoms. The van der Waals surface area contributed by atoms with Gasteiger partial charge in [0.25, 0.3) is 5.91 Å².